The lowest BCUT2D eigenvalue weighted by molar-refractivity contribution is 0.592. The van der Waals surface area contributed by atoms with Crippen LogP contribution in [0.3, 0.4) is 0 Å². The van der Waals surface area contributed by atoms with Gasteiger partial charge in [-0.3, -0.25) is 4.21 Å². The van der Waals surface area contributed by atoms with Crippen LogP contribution in [0.5, 0.6) is 0 Å². The van der Waals surface area contributed by atoms with E-state index in [0.29, 0.717) is 5.75 Å². The fourth-order valence-electron chi connectivity index (χ4n) is 2.24. The normalized spacial score (nSPS) is 14.9. The smallest absolute Gasteiger partial charge is 0.148 e. The molecule has 2 atom stereocenters. The zero-order valence-corrected chi connectivity index (χ0v) is 14.8. The number of nitrogens with one attached hydrogen (secondary N) is 1. The molecule has 0 saturated heterocycles. The number of benzene rings is 1. The molecule has 0 radical (unpaired) electrons. The fraction of sp³-hybridized carbons (Fsp3) is 0.600. The molecule has 1 N–H and O–H groups in total. The summed E-state index contributed by atoms with van der Waals surface area (Å²) in [5.41, 5.74) is 3.46. The second-order valence-electron chi connectivity index (χ2n) is 5.47. The van der Waals surface area contributed by atoms with Gasteiger partial charge in [0.1, 0.15) is 9.84 Å². The maximum absolute atomic E-state index is 12.1. The minimum Gasteiger partial charge on any atom is -0.309 e. The second kappa shape index (κ2) is 8.06. The summed E-state index contributed by atoms with van der Waals surface area (Å²) in [7, 11) is -4.21. The summed E-state index contributed by atoms with van der Waals surface area (Å²) < 4.78 is 34.4. The predicted octanol–water partition coefficient (Wildman–Crippen LogP) is 1.75. The Morgan fingerprint density at radius 2 is 1.76 bits per heavy atom. The van der Waals surface area contributed by atoms with Crippen molar-refractivity contribution in [3.05, 3.63) is 34.9 Å². The maximum Gasteiger partial charge on any atom is 0.148 e. The number of hydrogen-bond donors (Lipinski definition) is 1. The third-order valence-electron chi connectivity index (χ3n) is 3.13. The van der Waals surface area contributed by atoms with Crippen molar-refractivity contribution in [1.29, 1.82) is 0 Å². The van der Waals surface area contributed by atoms with Gasteiger partial charge in [0.15, 0.2) is 0 Å². The maximum atomic E-state index is 12.1. The van der Waals surface area contributed by atoms with Gasteiger partial charge in [0.05, 0.1) is 5.75 Å². The van der Waals surface area contributed by atoms with Crippen LogP contribution in [0, 0.1) is 13.8 Å². The molecular formula is C15H25NO3S2. The molecule has 0 spiro atoms. The first kappa shape index (κ1) is 18.3. The van der Waals surface area contributed by atoms with Crippen LogP contribution in [0.25, 0.3) is 0 Å². The topological polar surface area (TPSA) is 63.2 Å². The third kappa shape index (κ3) is 7.20. The van der Waals surface area contributed by atoms with Crippen LogP contribution >= 0.6 is 0 Å². The van der Waals surface area contributed by atoms with Crippen LogP contribution in [0.15, 0.2) is 18.2 Å². The summed E-state index contributed by atoms with van der Waals surface area (Å²) >= 11 is 0. The molecule has 0 amide bonds. The van der Waals surface area contributed by atoms with Crippen LogP contribution in [-0.4, -0.2) is 42.7 Å². The Kier molecular flexibility index (Phi) is 7.03. The number of aryl methyl sites for hydroxylation is 2. The molecule has 0 bridgehead atoms. The zero-order valence-electron chi connectivity index (χ0n) is 13.2. The van der Waals surface area contributed by atoms with E-state index in [2.05, 4.69) is 23.5 Å². The van der Waals surface area contributed by atoms with E-state index in [-0.39, 0.29) is 17.5 Å². The summed E-state index contributed by atoms with van der Waals surface area (Å²) in [6.45, 7) is 6.87. The van der Waals surface area contributed by atoms with Crippen molar-refractivity contribution in [3.8, 4) is 0 Å². The number of sulfone groups is 1. The van der Waals surface area contributed by atoms with E-state index in [1.165, 1.54) is 17.4 Å². The SMILES string of the molecule is CCNC(CS(=O)CCS(C)(=O)=O)c1cc(C)cc(C)c1. The van der Waals surface area contributed by atoms with Crippen molar-refractivity contribution in [2.75, 3.05) is 30.1 Å². The molecular weight excluding hydrogens is 306 g/mol. The minimum atomic E-state index is -3.06. The average Bonchev–Trinajstić information content (AvgIpc) is 2.34. The molecule has 0 aliphatic heterocycles. The molecule has 0 aliphatic carbocycles. The van der Waals surface area contributed by atoms with Crippen molar-refractivity contribution in [3.63, 3.8) is 0 Å². The highest BCUT2D eigenvalue weighted by Crippen LogP contribution is 2.18. The minimum absolute atomic E-state index is 0.00556. The van der Waals surface area contributed by atoms with Crippen molar-refractivity contribution in [2.45, 2.75) is 26.8 Å². The average molecular weight is 332 g/mol. The summed E-state index contributed by atoms with van der Waals surface area (Å²) in [6, 6.07) is 6.28. The first-order valence-corrected chi connectivity index (χ1v) is 10.6. The Labute approximate surface area is 130 Å². The molecule has 1 aromatic carbocycles. The highest BCUT2D eigenvalue weighted by Gasteiger charge is 2.16. The Balaban J connectivity index is 2.79. The van der Waals surface area contributed by atoms with Gasteiger partial charge in [0.2, 0.25) is 0 Å². The molecule has 2 unspecified atom stereocenters. The standard InChI is InChI=1S/C15H25NO3S2/c1-5-16-15(11-20(17)6-7-21(4,18)19)14-9-12(2)8-13(3)10-14/h8-10,15-16H,5-7,11H2,1-4H3. The first-order chi connectivity index (χ1) is 9.71. The Morgan fingerprint density at radius 1 is 1.19 bits per heavy atom. The van der Waals surface area contributed by atoms with Gasteiger partial charge < -0.3 is 5.32 Å². The van der Waals surface area contributed by atoms with Crippen LogP contribution < -0.4 is 5.32 Å². The summed E-state index contributed by atoms with van der Waals surface area (Å²) in [6.07, 6.45) is 1.18. The van der Waals surface area contributed by atoms with Crippen molar-refractivity contribution in [2.24, 2.45) is 0 Å². The molecule has 0 heterocycles. The van der Waals surface area contributed by atoms with Gasteiger partial charge in [0, 0.05) is 34.6 Å². The largest absolute Gasteiger partial charge is 0.309 e. The van der Waals surface area contributed by atoms with E-state index >= 15 is 0 Å². The molecule has 0 saturated carbocycles. The van der Waals surface area contributed by atoms with Gasteiger partial charge >= 0.3 is 0 Å². The first-order valence-electron chi connectivity index (χ1n) is 7.05. The number of rotatable bonds is 8. The van der Waals surface area contributed by atoms with Gasteiger partial charge in [-0.05, 0) is 26.0 Å². The highest BCUT2D eigenvalue weighted by atomic mass is 32.2. The van der Waals surface area contributed by atoms with E-state index in [1.54, 1.807) is 0 Å². The molecule has 6 heteroatoms. The summed E-state index contributed by atoms with van der Waals surface area (Å²) in [4.78, 5) is 0. The van der Waals surface area contributed by atoms with Gasteiger partial charge in [-0.2, -0.15) is 0 Å². The molecule has 4 nitrogen and oxygen atoms in total. The van der Waals surface area contributed by atoms with Crippen molar-refractivity contribution in [1.82, 2.24) is 5.32 Å². The Bertz CT molecular complexity index is 577. The molecule has 21 heavy (non-hydrogen) atoms. The number of hydrogen-bond acceptors (Lipinski definition) is 4. The molecule has 0 aromatic heterocycles. The van der Waals surface area contributed by atoms with E-state index in [9.17, 15) is 12.6 Å². The van der Waals surface area contributed by atoms with Gasteiger partial charge in [-0.1, -0.05) is 36.2 Å². The lowest BCUT2D eigenvalue weighted by Gasteiger charge is -2.19. The van der Waals surface area contributed by atoms with Crippen molar-refractivity contribution < 1.29 is 12.6 Å². The third-order valence-corrected chi connectivity index (χ3v) is 5.70. The predicted molar refractivity (Wildman–Crippen MR) is 89.9 cm³/mol. The summed E-state index contributed by atoms with van der Waals surface area (Å²) in [5.74, 6) is 0.614. The fourth-order valence-corrected chi connectivity index (χ4v) is 5.05. The lowest BCUT2D eigenvalue weighted by Crippen LogP contribution is -2.28. The Morgan fingerprint density at radius 3 is 2.24 bits per heavy atom. The van der Waals surface area contributed by atoms with E-state index in [1.807, 2.05) is 20.8 Å². The van der Waals surface area contributed by atoms with Crippen LogP contribution in [0.1, 0.15) is 29.7 Å². The molecule has 0 aliphatic rings. The van der Waals surface area contributed by atoms with Gasteiger partial charge in [-0.15, -0.1) is 0 Å². The van der Waals surface area contributed by atoms with E-state index in [4.69, 9.17) is 0 Å². The highest BCUT2D eigenvalue weighted by molar-refractivity contribution is 7.92. The second-order valence-corrected chi connectivity index (χ2v) is 9.35. The summed E-state index contributed by atoms with van der Waals surface area (Å²) in [5, 5.41) is 3.34. The van der Waals surface area contributed by atoms with Crippen LogP contribution in [0.4, 0.5) is 0 Å². The van der Waals surface area contributed by atoms with Gasteiger partial charge in [0.25, 0.3) is 0 Å². The van der Waals surface area contributed by atoms with E-state index < -0.39 is 20.6 Å². The molecule has 1 rings (SSSR count). The van der Waals surface area contributed by atoms with Crippen LogP contribution in [0.2, 0.25) is 0 Å². The zero-order chi connectivity index (χ0) is 16.0. The molecule has 0 fully saturated rings. The monoisotopic (exact) mass is 331 g/mol. The van der Waals surface area contributed by atoms with E-state index in [0.717, 1.165) is 12.1 Å². The van der Waals surface area contributed by atoms with Crippen molar-refractivity contribution >= 4 is 20.6 Å². The Hall–Kier alpha value is -0.720. The van der Waals surface area contributed by atoms with Crippen LogP contribution in [-0.2, 0) is 20.6 Å². The molecule has 1 aromatic rings. The molecule has 120 valence electrons. The quantitative estimate of drug-likeness (QED) is 0.788. The lowest BCUT2D eigenvalue weighted by atomic mass is 10.0. The van der Waals surface area contributed by atoms with Gasteiger partial charge in [-0.25, -0.2) is 8.42 Å².